The molecule has 2 aromatic carbocycles. The highest BCUT2D eigenvalue weighted by atomic mass is 16.2. The van der Waals surface area contributed by atoms with Gasteiger partial charge in [-0.3, -0.25) is 9.48 Å². The number of amides is 1. The van der Waals surface area contributed by atoms with E-state index in [4.69, 9.17) is 5.73 Å². The lowest BCUT2D eigenvalue weighted by Crippen LogP contribution is -2.38. The molecule has 25 heavy (non-hydrogen) atoms. The van der Waals surface area contributed by atoms with E-state index in [1.165, 1.54) is 5.39 Å². The highest BCUT2D eigenvalue weighted by molar-refractivity contribution is 5.84. The van der Waals surface area contributed by atoms with Crippen molar-refractivity contribution in [2.45, 2.75) is 32.9 Å². The lowest BCUT2D eigenvalue weighted by molar-refractivity contribution is -0.124. The molecule has 3 rings (SSSR count). The molecule has 1 heterocycles. The number of carbonyl (C=O) groups excluding carboxylic acids is 1. The first-order chi connectivity index (χ1) is 12.0. The van der Waals surface area contributed by atoms with Crippen LogP contribution >= 0.6 is 0 Å². The van der Waals surface area contributed by atoms with Gasteiger partial charge in [-0.2, -0.15) is 5.10 Å². The Bertz CT molecular complexity index is 900. The third kappa shape index (κ3) is 3.56. The molecule has 5 nitrogen and oxygen atoms in total. The molecule has 0 aliphatic rings. The third-order valence-electron chi connectivity index (χ3n) is 4.52. The van der Waals surface area contributed by atoms with E-state index in [-0.39, 0.29) is 18.0 Å². The molecule has 130 valence electrons. The number of aromatic nitrogens is 2. The van der Waals surface area contributed by atoms with Crippen LogP contribution in [0.5, 0.6) is 0 Å². The molecule has 1 aromatic heterocycles. The molecule has 0 bridgehead atoms. The van der Waals surface area contributed by atoms with Crippen molar-refractivity contribution in [1.29, 1.82) is 0 Å². The van der Waals surface area contributed by atoms with Gasteiger partial charge in [-0.15, -0.1) is 0 Å². The number of nitrogens with two attached hydrogens (primary N) is 1. The van der Waals surface area contributed by atoms with Crippen LogP contribution in [0.3, 0.4) is 0 Å². The van der Waals surface area contributed by atoms with Crippen LogP contribution < -0.4 is 11.1 Å². The van der Waals surface area contributed by atoms with Crippen LogP contribution in [0.1, 0.15) is 36.0 Å². The molecule has 0 spiro atoms. The van der Waals surface area contributed by atoms with E-state index in [9.17, 15) is 4.79 Å². The largest absolute Gasteiger partial charge is 0.346 e. The van der Waals surface area contributed by atoms with Crippen LogP contribution in [0.2, 0.25) is 0 Å². The van der Waals surface area contributed by atoms with Crippen molar-refractivity contribution in [3.63, 3.8) is 0 Å². The zero-order valence-electron chi connectivity index (χ0n) is 14.9. The van der Waals surface area contributed by atoms with Gasteiger partial charge < -0.3 is 11.1 Å². The Kier molecular flexibility index (Phi) is 4.86. The van der Waals surface area contributed by atoms with Crippen LogP contribution in [0.4, 0.5) is 0 Å². The van der Waals surface area contributed by atoms with E-state index in [0.717, 1.165) is 22.3 Å². The summed E-state index contributed by atoms with van der Waals surface area (Å²) in [6.07, 6.45) is 0. The van der Waals surface area contributed by atoms with Crippen molar-refractivity contribution >= 4 is 16.7 Å². The fraction of sp³-hybridized carbons (Fsp3) is 0.300. The van der Waals surface area contributed by atoms with Gasteiger partial charge >= 0.3 is 0 Å². The van der Waals surface area contributed by atoms with E-state index >= 15 is 0 Å². The minimum Gasteiger partial charge on any atom is -0.346 e. The number of hydrogen-bond acceptors (Lipinski definition) is 3. The smallest absolute Gasteiger partial charge is 0.245 e. The molecule has 3 aromatic rings. The summed E-state index contributed by atoms with van der Waals surface area (Å²) < 4.78 is 1.75. The summed E-state index contributed by atoms with van der Waals surface area (Å²) in [6.45, 7) is 6.07. The maximum atomic E-state index is 12.7. The number of carbonyl (C=O) groups is 1. The predicted octanol–water partition coefficient (Wildman–Crippen LogP) is 3.03. The van der Waals surface area contributed by atoms with Crippen LogP contribution in [-0.4, -0.2) is 22.2 Å². The van der Waals surface area contributed by atoms with Gasteiger partial charge in [0.1, 0.15) is 6.04 Å². The Morgan fingerprint density at radius 2 is 1.88 bits per heavy atom. The summed E-state index contributed by atoms with van der Waals surface area (Å²) >= 11 is 0. The van der Waals surface area contributed by atoms with E-state index in [1.54, 1.807) is 4.68 Å². The topological polar surface area (TPSA) is 72.9 Å². The van der Waals surface area contributed by atoms with Gasteiger partial charge in [0.2, 0.25) is 5.91 Å². The van der Waals surface area contributed by atoms with Gasteiger partial charge in [0.05, 0.1) is 11.7 Å². The average Bonchev–Trinajstić information content (AvgIpc) is 2.96. The molecule has 5 heteroatoms. The maximum absolute atomic E-state index is 12.7. The van der Waals surface area contributed by atoms with Crippen molar-refractivity contribution < 1.29 is 4.79 Å². The normalized spacial score (nSPS) is 13.6. The molecule has 3 N–H and O–H groups in total. The Morgan fingerprint density at radius 1 is 1.16 bits per heavy atom. The first-order valence-electron chi connectivity index (χ1n) is 8.51. The van der Waals surface area contributed by atoms with Gasteiger partial charge in [0.25, 0.3) is 0 Å². The molecule has 2 unspecified atom stereocenters. The van der Waals surface area contributed by atoms with E-state index in [1.807, 2.05) is 45.0 Å². The molecule has 2 atom stereocenters. The molecule has 1 amide bonds. The summed E-state index contributed by atoms with van der Waals surface area (Å²) in [5.74, 6) is -0.0881. The number of nitrogens with zero attached hydrogens (tertiary/aromatic N) is 2. The number of fused-ring (bicyclic) bond motifs is 1. The monoisotopic (exact) mass is 336 g/mol. The van der Waals surface area contributed by atoms with E-state index in [2.05, 4.69) is 34.7 Å². The first-order valence-corrected chi connectivity index (χ1v) is 8.51. The van der Waals surface area contributed by atoms with Gasteiger partial charge in [-0.1, -0.05) is 36.4 Å². The number of benzene rings is 2. The van der Waals surface area contributed by atoms with Gasteiger partial charge in [0.15, 0.2) is 0 Å². The molecule has 0 radical (unpaired) electrons. The number of aryl methyl sites for hydroxylation is 2. The maximum Gasteiger partial charge on any atom is 0.245 e. The fourth-order valence-corrected chi connectivity index (χ4v) is 3.14. The molecule has 0 saturated carbocycles. The van der Waals surface area contributed by atoms with Crippen molar-refractivity contribution in [2.24, 2.45) is 5.73 Å². The van der Waals surface area contributed by atoms with Crippen LogP contribution in [0, 0.1) is 13.8 Å². The van der Waals surface area contributed by atoms with Crippen molar-refractivity contribution in [2.75, 3.05) is 6.54 Å². The number of rotatable bonds is 5. The first kappa shape index (κ1) is 17.2. The quantitative estimate of drug-likeness (QED) is 0.752. The number of nitrogens with one attached hydrogen (secondary N) is 1. The van der Waals surface area contributed by atoms with E-state index < -0.39 is 0 Å². The SMILES string of the molecule is Cc1cc(C)n(C(C)C(=O)NC(CN)c2ccc3ccccc3c2)n1. The standard InChI is InChI=1S/C20H24N4O/c1-13-10-14(2)24(23-13)15(3)20(25)22-19(12-21)18-9-8-16-6-4-5-7-17(16)11-18/h4-11,15,19H,12,21H2,1-3H3,(H,22,25). The molecular weight excluding hydrogens is 312 g/mol. The molecule has 0 aliphatic heterocycles. The fourth-order valence-electron chi connectivity index (χ4n) is 3.14. The Balaban J connectivity index is 1.80. The minimum atomic E-state index is -0.386. The number of hydrogen-bond donors (Lipinski definition) is 2. The minimum absolute atomic E-state index is 0.0881. The molecular formula is C20H24N4O. The van der Waals surface area contributed by atoms with Crippen molar-refractivity contribution in [1.82, 2.24) is 15.1 Å². The molecule has 0 saturated heterocycles. The van der Waals surface area contributed by atoms with Gasteiger partial charge in [-0.05, 0) is 49.2 Å². The molecule has 0 fully saturated rings. The lowest BCUT2D eigenvalue weighted by atomic mass is 10.0. The highest BCUT2D eigenvalue weighted by Gasteiger charge is 2.21. The highest BCUT2D eigenvalue weighted by Crippen LogP contribution is 2.21. The van der Waals surface area contributed by atoms with Crippen molar-refractivity contribution in [3.8, 4) is 0 Å². The summed E-state index contributed by atoms with van der Waals surface area (Å²) in [7, 11) is 0. The van der Waals surface area contributed by atoms with Crippen molar-refractivity contribution in [3.05, 3.63) is 65.5 Å². The second-order valence-corrected chi connectivity index (χ2v) is 6.45. The van der Waals surface area contributed by atoms with Crippen LogP contribution in [0.25, 0.3) is 10.8 Å². The summed E-state index contributed by atoms with van der Waals surface area (Å²) in [4.78, 5) is 12.7. The van der Waals surface area contributed by atoms with Gasteiger partial charge in [0, 0.05) is 12.2 Å². The predicted molar refractivity (Wildman–Crippen MR) is 100 cm³/mol. The van der Waals surface area contributed by atoms with E-state index in [0.29, 0.717) is 6.54 Å². The zero-order chi connectivity index (χ0) is 18.0. The lowest BCUT2D eigenvalue weighted by Gasteiger charge is -2.21. The summed E-state index contributed by atoms with van der Waals surface area (Å²) in [5.41, 5.74) is 8.81. The average molecular weight is 336 g/mol. The van der Waals surface area contributed by atoms with Crippen LogP contribution in [0.15, 0.2) is 48.5 Å². The third-order valence-corrected chi connectivity index (χ3v) is 4.52. The summed E-state index contributed by atoms with van der Waals surface area (Å²) in [6, 6.07) is 15.7. The Morgan fingerprint density at radius 3 is 2.52 bits per heavy atom. The second-order valence-electron chi connectivity index (χ2n) is 6.45. The Labute approximate surface area is 147 Å². The van der Waals surface area contributed by atoms with Crippen LogP contribution in [-0.2, 0) is 4.79 Å². The molecule has 0 aliphatic carbocycles. The Hall–Kier alpha value is -2.66. The second kappa shape index (κ2) is 7.07. The van der Waals surface area contributed by atoms with Gasteiger partial charge in [-0.25, -0.2) is 0 Å². The summed E-state index contributed by atoms with van der Waals surface area (Å²) in [5, 5.41) is 9.77. The zero-order valence-corrected chi connectivity index (χ0v) is 14.9.